The second-order valence-electron chi connectivity index (χ2n) is 3.67. The minimum Gasteiger partial charge on any atom is -0.381 e. The summed E-state index contributed by atoms with van der Waals surface area (Å²) < 4.78 is 6.29. The molecule has 2 aromatic heterocycles. The summed E-state index contributed by atoms with van der Waals surface area (Å²) in [5, 5.41) is 14.6. The molecule has 2 rings (SSSR count). The van der Waals surface area contributed by atoms with Crippen molar-refractivity contribution in [2.24, 2.45) is 0 Å². The summed E-state index contributed by atoms with van der Waals surface area (Å²) in [6.07, 6.45) is 1.03. The highest BCUT2D eigenvalue weighted by molar-refractivity contribution is 8.01. The quantitative estimate of drug-likeness (QED) is 0.568. The lowest BCUT2D eigenvalue weighted by Crippen LogP contribution is -2.03. The number of hydrogen-bond acceptors (Lipinski definition) is 7. The van der Waals surface area contributed by atoms with Crippen molar-refractivity contribution in [2.45, 2.75) is 17.7 Å². The molecular formula is C12H17N3OS3. The van der Waals surface area contributed by atoms with Crippen LogP contribution < -0.4 is 5.32 Å². The molecule has 104 valence electrons. The standard InChI is InChI=1S/C12H17N3OS3/c1-2-16-7-9-18-12-15-14-11(19-12)13-6-5-10-4-3-8-17-10/h3-4,8H,2,5-7,9H2,1H3,(H,13,14). The maximum atomic E-state index is 5.29. The van der Waals surface area contributed by atoms with Crippen molar-refractivity contribution in [3.8, 4) is 0 Å². The predicted octanol–water partition coefficient (Wildman–Crippen LogP) is 3.38. The summed E-state index contributed by atoms with van der Waals surface area (Å²) >= 11 is 5.09. The molecule has 2 heterocycles. The summed E-state index contributed by atoms with van der Waals surface area (Å²) in [4.78, 5) is 1.39. The molecule has 0 unspecified atom stereocenters. The SMILES string of the molecule is CCOCCSc1nnc(NCCc2cccs2)s1. The Morgan fingerprint density at radius 2 is 2.37 bits per heavy atom. The highest BCUT2D eigenvalue weighted by atomic mass is 32.2. The minimum atomic E-state index is 0.766. The van der Waals surface area contributed by atoms with Crippen molar-refractivity contribution in [2.75, 3.05) is 30.8 Å². The van der Waals surface area contributed by atoms with Crippen LogP contribution in [0.15, 0.2) is 21.9 Å². The van der Waals surface area contributed by atoms with Crippen LogP contribution in [0.1, 0.15) is 11.8 Å². The average Bonchev–Trinajstić information content (AvgIpc) is 3.07. The van der Waals surface area contributed by atoms with E-state index in [0.29, 0.717) is 0 Å². The van der Waals surface area contributed by atoms with E-state index >= 15 is 0 Å². The molecule has 0 amide bonds. The van der Waals surface area contributed by atoms with E-state index in [1.807, 2.05) is 6.92 Å². The second kappa shape index (κ2) is 8.52. The van der Waals surface area contributed by atoms with Gasteiger partial charge in [0.05, 0.1) is 6.61 Å². The number of nitrogens with one attached hydrogen (secondary N) is 1. The van der Waals surface area contributed by atoms with Gasteiger partial charge in [-0.3, -0.25) is 0 Å². The topological polar surface area (TPSA) is 47.0 Å². The number of rotatable bonds is 9. The molecular weight excluding hydrogens is 298 g/mol. The summed E-state index contributed by atoms with van der Waals surface area (Å²) in [6.45, 7) is 4.44. The fourth-order valence-corrected chi connectivity index (χ4v) is 3.83. The summed E-state index contributed by atoms with van der Waals surface area (Å²) in [6, 6.07) is 4.24. The monoisotopic (exact) mass is 315 g/mol. The van der Waals surface area contributed by atoms with Gasteiger partial charge in [-0.15, -0.1) is 21.5 Å². The van der Waals surface area contributed by atoms with Gasteiger partial charge in [-0.2, -0.15) is 0 Å². The van der Waals surface area contributed by atoms with Gasteiger partial charge < -0.3 is 10.1 Å². The first-order valence-electron chi connectivity index (χ1n) is 6.18. The van der Waals surface area contributed by atoms with Crippen molar-refractivity contribution in [1.82, 2.24) is 10.2 Å². The summed E-state index contributed by atoms with van der Waals surface area (Å²) in [7, 11) is 0. The molecule has 0 fully saturated rings. The van der Waals surface area contributed by atoms with Crippen LogP contribution in [0.3, 0.4) is 0 Å². The Labute approximate surface area is 125 Å². The van der Waals surface area contributed by atoms with E-state index in [1.54, 1.807) is 34.4 Å². The van der Waals surface area contributed by atoms with E-state index in [9.17, 15) is 0 Å². The van der Waals surface area contributed by atoms with Crippen LogP contribution in [0.4, 0.5) is 5.13 Å². The smallest absolute Gasteiger partial charge is 0.206 e. The van der Waals surface area contributed by atoms with Crippen molar-refractivity contribution in [3.05, 3.63) is 22.4 Å². The largest absolute Gasteiger partial charge is 0.381 e. The van der Waals surface area contributed by atoms with Crippen LogP contribution in [-0.4, -0.2) is 35.7 Å². The number of aromatic nitrogens is 2. The van der Waals surface area contributed by atoms with Crippen molar-refractivity contribution < 1.29 is 4.74 Å². The zero-order chi connectivity index (χ0) is 13.3. The van der Waals surface area contributed by atoms with Crippen molar-refractivity contribution >= 4 is 39.6 Å². The van der Waals surface area contributed by atoms with Gasteiger partial charge in [0.1, 0.15) is 0 Å². The van der Waals surface area contributed by atoms with E-state index in [4.69, 9.17) is 4.74 Å². The Balaban J connectivity index is 1.65. The van der Waals surface area contributed by atoms with Crippen molar-refractivity contribution in [3.63, 3.8) is 0 Å². The molecule has 4 nitrogen and oxygen atoms in total. The molecule has 7 heteroatoms. The summed E-state index contributed by atoms with van der Waals surface area (Å²) in [5.41, 5.74) is 0. The second-order valence-corrected chi connectivity index (χ2v) is 7.03. The van der Waals surface area contributed by atoms with E-state index in [1.165, 1.54) is 4.88 Å². The van der Waals surface area contributed by atoms with Gasteiger partial charge in [0.15, 0.2) is 4.34 Å². The van der Waals surface area contributed by atoms with E-state index in [2.05, 4.69) is 33.0 Å². The van der Waals surface area contributed by atoms with Crippen molar-refractivity contribution in [1.29, 1.82) is 0 Å². The minimum absolute atomic E-state index is 0.766. The number of anilines is 1. The molecule has 0 radical (unpaired) electrons. The molecule has 2 aromatic rings. The Morgan fingerprint density at radius 3 is 3.16 bits per heavy atom. The fourth-order valence-electron chi connectivity index (χ4n) is 1.42. The summed E-state index contributed by atoms with van der Waals surface area (Å²) in [5.74, 6) is 0.928. The van der Waals surface area contributed by atoms with Crippen LogP contribution in [-0.2, 0) is 11.2 Å². The molecule has 19 heavy (non-hydrogen) atoms. The molecule has 0 aliphatic carbocycles. The lowest BCUT2D eigenvalue weighted by molar-refractivity contribution is 0.164. The number of thiophene rings is 1. The van der Waals surface area contributed by atoms with Gasteiger partial charge in [0.25, 0.3) is 0 Å². The molecule has 0 saturated carbocycles. The van der Waals surface area contributed by atoms with Gasteiger partial charge in [-0.1, -0.05) is 29.2 Å². The van der Waals surface area contributed by atoms with Gasteiger partial charge in [-0.05, 0) is 24.8 Å². The van der Waals surface area contributed by atoms with Crippen LogP contribution >= 0.6 is 34.4 Å². The average molecular weight is 315 g/mol. The van der Waals surface area contributed by atoms with Gasteiger partial charge in [-0.25, -0.2) is 0 Å². The third-order valence-corrected chi connectivity index (χ3v) is 5.21. The molecule has 1 N–H and O–H groups in total. The van der Waals surface area contributed by atoms with Crippen LogP contribution in [0.25, 0.3) is 0 Å². The van der Waals surface area contributed by atoms with Gasteiger partial charge >= 0.3 is 0 Å². The molecule has 0 bridgehead atoms. The van der Waals surface area contributed by atoms with E-state index < -0.39 is 0 Å². The fraction of sp³-hybridized carbons (Fsp3) is 0.500. The number of thioether (sulfide) groups is 1. The van der Waals surface area contributed by atoms with Gasteiger partial charge in [0, 0.05) is 23.8 Å². The zero-order valence-electron chi connectivity index (χ0n) is 10.8. The Hall–Kier alpha value is -0.630. The maximum absolute atomic E-state index is 5.29. The molecule has 0 saturated heterocycles. The lowest BCUT2D eigenvalue weighted by Gasteiger charge is -1.99. The zero-order valence-corrected chi connectivity index (χ0v) is 13.2. The molecule has 0 spiro atoms. The molecule has 0 aliphatic heterocycles. The molecule has 0 aromatic carbocycles. The molecule has 0 aliphatic rings. The van der Waals surface area contributed by atoms with Crippen LogP contribution in [0.5, 0.6) is 0 Å². The van der Waals surface area contributed by atoms with E-state index in [-0.39, 0.29) is 0 Å². The first-order chi connectivity index (χ1) is 9.38. The van der Waals surface area contributed by atoms with Gasteiger partial charge in [0.2, 0.25) is 5.13 Å². The molecule has 0 atom stereocenters. The number of ether oxygens (including phenoxy) is 1. The highest BCUT2D eigenvalue weighted by Crippen LogP contribution is 2.25. The highest BCUT2D eigenvalue weighted by Gasteiger charge is 2.04. The third kappa shape index (κ3) is 5.48. The Kier molecular flexibility index (Phi) is 6.63. The van der Waals surface area contributed by atoms with Crippen LogP contribution in [0.2, 0.25) is 0 Å². The van der Waals surface area contributed by atoms with Crippen LogP contribution in [0, 0.1) is 0 Å². The maximum Gasteiger partial charge on any atom is 0.206 e. The predicted molar refractivity (Wildman–Crippen MR) is 83.6 cm³/mol. The first-order valence-corrected chi connectivity index (χ1v) is 8.87. The lowest BCUT2D eigenvalue weighted by atomic mass is 10.3. The number of hydrogen-bond donors (Lipinski definition) is 1. The van der Waals surface area contributed by atoms with E-state index in [0.717, 1.165) is 41.4 Å². The number of nitrogens with zero attached hydrogens (tertiary/aromatic N) is 2. The Morgan fingerprint density at radius 1 is 1.42 bits per heavy atom. The normalized spacial score (nSPS) is 10.8. The first kappa shape index (κ1) is 14.8. The third-order valence-electron chi connectivity index (χ3n) is 2.29. The Bertz CT molecular complexity index is 458.